The molecule has 0 aliphatic rings. The van der Waals surface area contributed by atoms with Crippen molar-refractivity contribution in [3.8, 4) is 17.2 Å². The van der Waals surface area contributed by atoms with Gasteiger partial charge >= 0.3 is 5.69 Å². The average molecular weight is 558 g/mol. The molecular weight excluding hydrogens is 526 g/mol. The summed E-state index contributed by atoms with van der Waals surface area (Å²) in [7, 11) is 1.52. The highest BCUT2D eigenvalue weighted by molar-refractivity contribution is 5.98. The zero-order chi connectivity index (χ0) is 29.5. The van der Waals surface area contributed by atoms with E-state index in [1.165, 1.54) is 7.05 Å². The van der Waals surface area contributed by atoms with Gasteiger partial charge in [-0.2, -0.15) is 4.68 Å². The number of nitrogens with two attached hydrogens (primary N) is 2. The molecule has 1 atom stereocenters. The Hall–Kier alpha value is -5.59. The fourth-order valence-corrected chi connectivity index (χ4v) is 4.05. The van der Waals surface area contributed by atoms with Gasteiger partial charge in [-0.1, -0.05) is 18.2 Å². The molecule has 0 saturated carbocycles. The molecule has 1 amide bonds. The summed E-state index contributed by atoms with van der Waals surface area (Å²) in [6.07, 6.45) is 0. The van der Waals surface area contributed by atoms with Gasteiger partial charge in [-0.25, -0.2) is 4.79 Å². The van der Waals surface area contributed by atoms with Crippen LogP contribution in [0.4, 0.5) is 5.69 Å². The number of benzene rings is 3. The second kappa shape index (κ2) is 12.5. The van der Waals surface area contributed by atoms with E-state index in [1.807, 2.05) is 6.92 Å². The van der Waals surface area contributed by atoms with Crippen molar-refractivity contribution in [3.05, 3.63) is 99.7 Å². The molecule has 13 nitrogen and oxygen atoms in total. The molecule has 1 aromatic heterocycles. The molecule has 0 bridgehead atoms. The molecule has 0 fully saturated rings. The van der Waals surface area contributed by atoms with E-state index in [0.717, 1.165) is 4.68 Å². The number of H-pyrrole nitrogens is 1. The highest BCUT2D eigenvalue weighted by Gasteiger charge is 2.23. The third-order valence-electron chi connectivity index (χ3n) is 6.08. The van der Waals surface area contributed by atoms with Crippen molar-refractivity contribution in [1.82, 2.24) is 20.1 Å². The Labute approximate surface area is 235 Å². The normalized spacial score (nSPS) is 11.4. The molecular formula is C28H31N9O4. The highest BCUT2D eigenvalue weighted by atomic mass is 16.5. The number of rotatable bonds is 12. The van der Waals surface area contributed by atoms with E-state index in [-0.39, 0.29) is 30.0 Å². The number of nitrogen functional groups attached to an aromatic ring is 2. The van der Waals surface area contributed by atoms with Gasteiger partial charge in [0.15, 0.2) is 23.9 Å². The molecule has 4 aromatic rings. The highest BCUT2D eigenvalue weighted by Crippen LogP contribution is 2.34. The topological polar surface area (TPSA) is 210 Å². The minimum atomic E-state index is -0.691. The Kier molecular flexibility index (Phi) is 8.67. The largest absolute Gasteiger partial charge is 0.490 e. The van der Waals surface area contributed by atoms with Crippen molar-refractivity contribution < 1.29 is 14.3 Å². The number of likely N-dealkylation sites (N-methyl/N-ethyl adjacent to an activating group) is 1. The quantitative estimate of drug-likeness (QED) is 0.101. The maximum Gasteiger partial charge on any atom is 0.348 e. The molecule has 3 aromatic carbocycles. The molecule has 0 saturated heterocycles. The van der Waals surface area contributed by atoms with Crippen LogP contribution in [-0.4, -0.2) is 52.6 Å². The van der Waals surface area contributed by atoms with Gasteiger partial charge in [0, 0.05) is 23.9 Å². The summed E-state index contributed by atoms with van der Waals surface area (Å²) in [5, 5.41) is 26.0. The van der Waals surface area contributed by atoms with Gasteiger partial charge < -0.3 is 31.6 Å². The van der Waals surface area contributed by atoms with Gasteiger partial charge in [-0.3, -0.25) is 20.6 Å². The number of ether oxygens (including phenoxy) is 2. The molecule has 0 spiro atoms. The third-order valence-corrected chi connectivity index (χ3v) is 6.08. The van der Waals surface area contributed by atoms with E-state index >= 15 is 0 Å². The summed E-state index contributed by atoms with van der Waals surface area (Å²) < 4.78 is 12.6. The number of aromatic amines is 1. The van der Waals surface area contributed by atoms with Crippen LogP contribution in [0.3, 0.4) is 0 Å². The summed E-state index contributed by atoms with van der Waals surface area (Å²) in [6, 6.07) is 18.1. The van der Waals surface area contributed by atoms with Crippen LogP contribution >= 0.6 is 0 Å². The van der Waals surface area contributed by atoms with Crippen LogP contribution < -0.4 is 37.3 Å². The van der Waals surface area contributed by atoms with Crippen LogP contribution in [0, 0.1) is 10.8 Å². The molecule has 4 rings (SSSR count). The third kappa shape index (κ3) is 6.53. The first-order valence-electron chi connectivity index (χ1n) is 12.7. The number of amides is 1. The van der Waals surface area contributed by atoms with Crippen LogP contribution in [0.5, 0.6) is 11.5 Å². The zero-order valence-electron chi connectivity index (χ0n) is 22.5. The number of anilines is 1. The van der Waals surface area contributed by atoms with Crippen molar-refractivity contribution in [3.63, 3.8) is 0 Å². The average Bonchev–Trinajstić information content (AvgIpc) is 3.36. The fourth-order valence-electron chi connectivity index (χ4n) is 4.05. The summed E-state index contributed by atoms with van der Waals surface area (Å²) in [5.41, 5.74) is 13.4. The zero-order valence-corrected chi connectivity index (χ0v) is 22.5. The lowest BCUT2D eigenvalue weighted by Gasteiger charge is -2.20. The number of hydrogen-bond acceptors (Lipinski definition) is 8. The minimum Gasteiger partial charge on any atom is -0.490 e. The van der Waals surface area contributed by atoms with Crippen LogP contribution in [0.25, 0.3) is 5.69 Å². The maximum absolute atomic E-state index is 13.1. The molecule has 0 radical (unpaired) electrons. The predicted octanol–water partition coefficient (Wildman–Crippen LogP) is 1.85. The Morgan fingerprint density at radius 2 is 1.76 bits per heavy atom. The van der Waals surface area contributed by atoms with Crippen molar-refractivity contribution in [2.75, 3.05) is 25.6 Å². The lowest BCUT2D eigenvalue weighted by Crippen LogP contribution is -2.25. The standard InChI is InChI=1S/C28H31N9O4/c1-3-40-22-14-17(10-13-21(22)41-15-23(38)33-2)24(34-18-11-8-16(9-12-18)25(29)30)27-35-28(39)37(36-27)20-7-5-4-6-19(20)26(31)32/h4-14,24,34H,3,15H2,1-2H3,(H3,29,30)(H3,31,32)(H,33,38)(H,35,36,39). The molecule has 13 heteroatoms. The van der Waals surface area contributed by atoms with Crippen LogP contribution in [0.1, 0.15) is 35.5 Å². The summed E-state index contributed by atoms with van der Waals surface area (Å²) in [4.78, 5) is 27.7. The fraction of sp³-hybridized carbons (Fsp3) is 0.179. The smallest absolute Gasteiger partial charge is 0.348 e. The number of nitrogens with zero attached hydrogens (tertiary/aromatic N) is 2. The van der Waals surface area contributed by atoms with Gasteiger partial charge in [0.1, 0.15) is 17.7 Å². The number of amidine groups is 2. The number of para-hydroxylation sites is 1. The first kappa shape index (κ1) is 28.4. The molecule has 212 valence electrons. The predicted molar refractivity (Wildman–Crippen MR) is 155 cm³/mol. The van der Waals surface area contributed by atoms with E-state index in [4.69, 9.17) is 31.8 Å². The van der Waals surface area contributed by atoms with Gasteiger partial charge in [-0.15, -0.1) is 5.10 Å². The van der Waals surface area contributed by atoms with E-state index in [1.54, 1.807) is 66.7 Å². The monoisotopic (exact) mass is 557 g/mol. The number of nitrogens with one attached hydrogen (secondary N) is 5. The van der Waals surface area contributed by atoms with E-state index in [0.29, 0.717) is 46.2 Å². The maximum atomic E-state index is 13.1. The molecule has 1 unspecified atom stereocenters. The summed E-state index contributed by atoms with van der Waals surface area (Å²) in [6.45, 7) is 1.98. The van der Waals surface area contributed by atoms with Gasteiger partial charge in [-0.05, 0) is 61.0 Å². The van der Waals surface area contributed by atoms with E-state index < -0.39 is 11.7 Å². The summed E-state index contributed by atoms with van der Waals surface area (Å²) in [5.74, 6) is 0.485. The Bertz CT molecular complexity index is 1630. The number of carbonyl (C=O) groups excluding carboxylic acids is 1. The van der Waals surface area contributed by atoms with Crippen molar-refractivity contribution in [1.29, 1.82) is 10.8 Å². The van der Waals surface area contributed by atoms with Gasteiger partial charge in [0.05, 0.1) is 12.3 Å². The molecule has 9 N–H and O–H groups in total. The number of hydrogen-bond donors (Lipinski definition) is 7. The summed E-state index contributed by atoms with van der Waals surface area (Å²) >= 11 is 0. The molecule has 0 aliphatic carbocycles. The first-order chi connectivity index (χ1) is 19.7. The van der Waals surface area contributed by atoms with E-state index in [2.05, 4.69) is 20.7 Å². The number of carbonyl (C=O) groups is 1. The molecule has 41 heavy (non-hydrogen) atoms. The Morgan fingerprint density at radius 3 is 2.41 bits per heavy atom. The van der Waals surface area contributed by atoms with Crippen LogP contribution in [-0.2, 0) is 4.79 Å². The Morgan fingerprint density at radius 1 is 1.02 bits per heavy atom. The molecule has 1 heterocycles. The second-order valence-corrected chi connectivity index (χ2v) is 8.83. The van der Waals surface area contributed by atoms with E-state index in [9.17, 15) is 9.59 Å². The second-order valence-electron chi connectivity index (χ2n) is 8.83. The van der Waals surface area contributed by atoms with Crippen molar-refractivity contribution in [2.24, 2.45) is 11.5 Å². The lowest BCUT2D eigenvalue weighted by molar-refractivity contribution is -0.122. The van der Waals surface area contributed by atoms with Gasteiger partial charge in [0.25, 0.3) is 5.91 Å². The van der Waals surface area contributed by atoms with Crippen LogP contribution in [0.15, 0.2) is 71.5 Å². The number of aromatic nitrogens is 3. The Balaban J connectivity index is 1.80. The minimum absolute atomic E-state index is 0.0611. The molecule has 0 aliphatic heterocycles. The first-order valence-corrected chi connectivity index (χ1v) is 12.7. The van der Waals surface area contributed by atoms with Crippen LogP contribution in [0.2, 0.25) is 0 Å². The van der Waals surface area contributed by atoms with Crippen molar-refractivity contribution >= 4 is 23.3 Å². The van der Waals surface area contributed by atoms with Gasteiger partial charge in [0.2, 0.25) is 0 Å². The van der Waals surface area contributed by atoms with Crippen molar-refractivity contribution in [2.45, 2.75) is 13.0 Å². The SMILES string of the molecule is CCOc1cc(C(Nc2ccc(C(=N)N)cc2)c2nn(-c3ccccc3C(=N)N)c(=O)[nH]2)ccc1OCC(=O)NC. The lowest BCUT2D eigenvalue weighted by atomic mass is 10.0.